The van der Waals surface area contributed by atoms with Gasteiger partial charge in [0.25, 0.3) is 0 Å². The van der Waals surface area contributed by atoms with Crippen molar-refractivity contribution in [2.24, 2.45) is 11.8 Å². The van der Waals surface area contributed by atoms with Crippen LogP contribution in [0.2, 0.25) is 0 Å². The van der Waals surface area contributed by atoms with Crippen LogP contribution < -0.4 is 5.32 Å². The molecule has 3 N–H and O–H groups in total. The summed E-state index contributed by atoms with van der Waals surface area (Å²) in [5, 5.41) is 1.69. The quantitative estimate of drug-likeness (QED) is 0.612. The predicted octanol–water partition coefficient (Wildman–Crippen LogP) is 1.39. The second kappa shape index (κ2) is 4.09. The fourth-order valence-corrected chi connectivity index (χ4v) is 3.70. The van der Waals surface area contributed by atoms with Crippen LogP contribution in [0.25, 0.3) is 0 Å². The smallest absolute Gasteiger partial charge is 0.323 e. The molecule has 0 heterocycles. The third kappa shape index (κ3) is 2.13. The summed E-state index contributed by atoms with van der Waals surface area (Å²) >= 11 is 0. The van der Waals surface area contributed by atoms with Gasteiger partial charge in [-0.1, -0.05) is 27.7 Å². The van der Waals surface area contributed by atoms with Crippen LogP contribution in [0.1, 0.15) is 27.7 Å². The molecule has 0 saturated carbocycles. The van der Waals surface area contributed by atoms with Crippen LogP contribution in [-0.2, 0) is 4.57 Å². The van der Waals surface area contributed by atoms with Crippen molar-refractivity contribution in [3.8, 4) is 0 Å². The lowest BCUT2D eigenvalue weighted by atomic mass is 9.92. The van der Waals surface area contributed by atoms with Crippen LogP contribution in [0.5, 0.6) is 0 Å². The highest BCUT2D eigenvalue weighted by molar-refractivity contribution is 7.53. The van der Waals surface area contributed by atoms with Crippen LogP contribution in [0.3, 0.4) is 0 Å². The molecule has 0 atom stereocenters. The molecule has 0 aromatic carbocycles. The second-order valence-corrected chi connectivity index (χ2v) is 5.76. The lowest BCUT2D eigenvalue weighted by Gasteiger charge is -2.41. The van der Waals surface area contributed by atoms with E-state index in [9.17, 15) is 14.4 Å². The van der Waals surface area contributed by atoms with Crippen molar-refractivity contribution in [3.63, 3.8) is 0 Å². The summed E-state index contributed by atoms with van der Waals surface area (Å²) in [6.07, 6.45) is 0. The van der Waals surface area contributed by atoms with Gasteiger partial charge in [-0.15, -0.1) is 0 Å². The molecule has 0 aromatic rings. The Morgan fingerprint density at radius 3 is 1.46 bits per heavy atom. The van der Waals surface area contributed by atoms with E-state index in [0.717, 1.165) is 0 Å². The summed E-state index contributed by atoms with van der Waals surface area (Å²) in [5.74, 6) is -0.225. The van der Waals surface area contributed by atoms with E-state index in [0.29, 0.717) is 0 Å². The van der Waals surface area contributed by atoms with Gasteiger partial charge in [0, 0.05) is 0 Å². The Labute approximate surface area is 79.9 Å². The summed E-state index contributed by atoms with van der Waals surface area (Å²) in [5.41, 5.74) is 0. The van der Waals surface area contributed by atoms with Crippen molar-refractivity contribution in [3.05, 3.63) is 0 Å². The monoisotopic (exact) mass is 209 g/mol. The normalized spacial score (nSPS) is 14.2. The molecule has 0 bridgehead atoms. The van der Waals surface area contributed by atoms with Gasteiger partial charge in [-0.2, -0.15) is 0 Å². The van der Waals surface area contributed by atoms with E-state index in [4.69, 9.17) is 0 Å². The van der Waals surface area contributed by atoms with Crippen molar-refractivity contribution >= 4 is 7.60 Å². The molecule has 0 aliphatic heterocycles. The summed E-state index contributed by atoms with van der Waals surface area (Å²) in [6, 6.07) is 0. The largest absolute Gasteiger partial charge is 0.345 e. The first-order valence-corrected chi connectivity index (χ1v) is 6.06. The van der Waals surface area contributed by atoms with Crippen LogP contribution >= 0.6 is 7.60 Å². The summed E-state index contributed by atoms with van der Waals surface area (Å²) in [4.78, 5) is 18.6. The van der Waals surface area contributed by atoms with Crippen LogP contribution in [0.15, 0.2) is 0 Å². The first kappa shape index (κ1) is 13.1. The van der Waals surface area contributed by atoms with Crippen LogP contribution in [0.4, 0.5) is 0 Å². The third-order valence-corrected chi connectivity index (χ3v) is 4.86. The molecule has 0 aromatic heterocycles. The first-order valence-electron chi connectivity index (χ1n) is 4.44. The molecule has 0 saturated heterocycles. The average Bonchev–Trinajstić information content (AvgIpc) is 1.83. The molecule has 0 spiro atoms. The maximum absolute atomic E-state index is 11.4. The molecular weight excluding hydrogens is 189 g/mol. The van der Waals surface area contributed by atoms with Gasteiger partial charge in [0.15, 0.2) is 0 Å². The molecule has 4 nitrogen and oxygen atoms in total. The minimum atomic E-state index is -4.13. The maximum Gasteiger partial charge on any atom is 0.345 e. The Morgan fingerprint density at radius 2 is 1.46 bits per heavy atom. The lowest BCUT2D eigenvalue weighted by Crippen LogP contribution is -2.51. The molecule has 0 aliphatic carbocycles. The molecule has 80 valence electrons. The van der Waals surface area contributed by atoms with E-state index in [-0.39, 0.29) is 11.8 Å². The van der Waals surface area contributed by atoms with Gasteiger partial charge < -0.3 is 15.1 Å². The van der Waals surface area contributed by atoms with Gasteiger partial charge in [-0.3, -0.25) is 4.57 Å². The Morgan fingerprint density at radius 1 is 1.15 bits per heavy atom. The lowest BCUT2D eigenvalue weighted by molar-refractivity contribution is 0.209. The van der Waals surface area contributed by atoms with Gasteiger partial charge in [0.05, 0.1) is 0 Å². The highest BCUT2D eigenvalue weighted by Crippen LogP contribution is 2.56. The minimum Gasteiger partial charge on any atom is -0.323 e. The molecule has 0 amide bonds. The number of hydrogen-bond acceptors (Lipinski definition) is 2. The molecule has 5 heteroatoms. The number of nitrogens with one attached hydrogen (secondary N) is 1. The van der Waals surface area contributed by atoms with Crippen molar-refractivity contribution in [2.45, 2.75) is 33.0 Å². The van der Waals surface area contributed by atoms with Gasteiger partial charge >= 0.3 is 7.60 Å². The molecule has 13 heavy (non-hydrogen) atoms. The second-order valence-electron chi connectivity index (χ2n) is 3.93. The summed E-state index contributed by atoms with van der Waals surface area (Å²) in [7, 11) is -2.53. The SMILES string of the molecule is CNC(C(C)C)(C(C)C)P(=O)(O)O. The highest BCUT2D eigenvalue weighted by atomic mass is 31.2. The highest BCUT2D eigenvalue weighted by Gasteiger charge is 2.50. The van der Waals surface area contributed by atoms with Crippen molar-refractivity contribution < 1.29 is 14.4 Å². The van der Waals surface area contributed by atoms with Gasteiger partial charge in [-0.25, -0.2) is 0 Å². The molecule has 0 unspecified atom stereocenters. The fourth-order valence-electron chi connectivity index (χ4n) is 2.06. The van der Waals surface area contributed by atoms with E-state index in [1.807, 2.05) is 27.7 Å². The Kier molecular flexibility index (Phi) is 4.13. The minimum absolute atomic E-state index is 0.113. The molecule has 0 rings (SSSR count). The Hall–Kier alpha value is 0.110. The zero-order valence-corrected chi connectivity index (χ0v) is 9.80. The van der Waals surface area contributed by atoms with Crippen LogP contribution in [0, 0.1) is 11.8 Å². The van der Waals surface area contributed by atoms with E-state index >= 15 is 0 Å². The van der Waals surface area contributed by atoms with E-state index in [2.05, 4.69) is 5.32 Å². The van der Waals surface area contributed by atoms with Gasteiger partial charge in [0.1, 0.15) is 5.28 Å². The molecule has 0 radical (unpaired) electrons. The molecular formula is C8H20NO3P. The zero-order valence-electron chi connectivity index (χ0n) is 8.90. The number of hydrogen-bond donors (Lipinski definition) is 3. The van der Waals surface area contributed by atoms with Gasteiger partial charge in [0.2, 0.25) is 0 Å². The third-order valence-electron chi connectivity index (χ3n) is 2.64. The van der Waals surface area contributed by atoms with Crippen molar-refractivity contribution in [2.75, 3.05) is 7.05 Å². The van der Waals surface area contributed by atoms with E-state index < -0.39 is 12.9 Å². The molecule has 0 fully saturated rings. The zero-order chi connectivity index (χ0) is 10.9. The fraction of sp³-hybridized carbons (Fsp3) is 1.00. The Bertz CT molecular complexity index is 201. The Balaban J connectivity index is 5.25. The van der Waals surface area contributed by atoms with Crippen molar-refractivity contribution in [1.29, 1.82) is 0 Å². The summed E-state index contributed by atoms with van der Waals surface area (Å²) in [6.45, 7) is 7.26. The standard InChI is InChI=1S/C8H20NO3P/c1-6(2)8(9-5,7(3)4)13(10,11)12/h6-7,9H,1-5H3,(H2,10,11,12). The molecule has 0 aliphatic rings. The van der Waals surface area contributed by atoms with Crippen molar-refractivity contribution in [1.82, 2.24) is 5.32 Å². The predicted molar refractivity (Wildman–Crippen MR) is 53.5 cm³/mol. The first-order chi connectivity index (χ1) is 5.70. The topological polar surface area (TPSA) is 69.6 Å². The number of rotatable bonds is 4. The van der Waals surface area contributed by atoms with Gasteiger partial charge in [-0.05, 0) is 18.9 Å². The summed E-state index contributed by atoms with van der Waals surface area (Å²) < 4.78 is 11.4. The van der Waals surface area contributed by atoms with E-state index in [1.165, 1.54) is 0 Å². The van der Waals surface area contributed by atoms with Crippen LogP contribution in [-0.4, -0.2) is 22.1 Å². The average molecular weight is 209 g/mol. The maximum atomic E-state index is 11.4. The van der Waals surface area contributed by atoms with E-state index in [1.54, 1.807) is 7.05 Å².